The first kappa shape index (κ1) is 9.53. The molecular formula is C12H16O2. The molecule has 0 saturated heterocycles. The van der Waals surface area contributed by atoms with E-state index in [-0.39, 0.29) is 0 Å². The maximum atomic E-state index is 9.30. The van der Waals surface area contributed by atoms with E-state index in [1.807, 2.05) is 24.3 Å². The summed E-state index contributed by atoms with van der Waals surface area (Å²) in [5, 5.41) is 9.30. The molecule has 2 nitrogen and oxygen atoms in total. The molecule has 1 saturated carbocycles. The molecule has 1 aliphatic carbocycles. The molecule has 1 fully saturated rings. The molecule has 0 bridgehead atoms. The zero-order chi connectivity index (χ0) is 9.97. The molecule has 1 atom stereocenters. The van der Waals surface area contributed by atoms with Crippen molar-refractivity contribution in [3.05, 3.63) is 29.8 Å². The van der Waals surface area contributed by atoms with Gasteiger partial charge in [0.25, 0.3) is 0 Å². The number of aliphatic hydroxyl groups excluding tert-OH is 1. The second-order valence-corrected chi connectivity index (χ2v) is 4.00. The SMILES string of the molecule is C[C@@H](O)c1ccc(OCC2CC2)cc1. The van der Waals surface area contributed by atoms with Gasteiger partial charge in [-0.3, -0.25) is 0 Å². The topological polar surface area (TPSA) is 29.5 Å². The number of ether oxygens (including phenoxy) is 1. The van der Waals surface area contributed by atoms with Gasteiger partial charge < -0.3 is 9.84 Å². The molecule has 2 heteroatoms. The van der Waals surface area contributed by atoms with Crippen molar-refractivity contribution in [2.24, 2.45) is 5.92 Å². The highest BCUT2D eigenvalue weighted by Crippen LogP contribution is 2.29. The van der Waals surface area contributed by atoms with Crippen LogP contribution in [0, 0.1) is 5.92 Å². The van der Waals surface area contributed by atoms with Gasteiger partial charge in [0.05, 0.1) is 12.7 Å². The van der Waals surface area contributed by atoms with Gasteiger partial charge in [-0.1, -0.05) is 12.1 Å². The molecule has 1 N–H and O–H groups in total. The highest BCUT2D eigenvalue weighted by molar-refractivity contribution is 5.28. The summed E-state index contributed by atoms with van der Waals surface area (Å²) in [5.74, 6) is 1.69. The van der Waals surface area contributed by atoms with Crippen LogP contribution in [0.3, 0.4) is 0 Å². The van der Waals surface area contributed by atoms with E-state index in [2.05, 4.69) is 0 Å². The Labute approximate surface area is 84.5 Å². The third kappa shape index (κ3) is 2.48. The maximum absolute atomic E-state index is 9.30. The summed E-state index contributed by atoms with van der Waals surface area (Å²) < 4.78 is 5.58. The smallest absolute Gasteiger partial charge is 0.119 e. The molecule has 0 amide bonds. The molecule has 76 valence electrons. The van der Waals surface area contributed by atoms with Crippen LogP contribution in [0.5, 0.6) is 5.75 Å². The lowest BCUT2D eigenvalue weighted by atomic mass is 10.1. The lowest BCUT2D eigenvalue weighted by Gasteiger charge is -2.07. The van der Waals surface area contributed by atoms with Gasteiger partial charge in [0.2, 0.25) is 0 Å². The first-order valence-corrected chi connectivity index (χ1v) is 5.16. The number of aliphatic hydroxyl groups is 1. The van der Waals surface area contributed by atoms with Crippen LogP contribution < -0.4 is 4.74 Å². The Balaban J connectivity index is 1.91. The van der Waals surface area contributed by atoms with Crippen LogP contribution in [0.1, 0.15) is 31.4 Å². The van der Waals surface area contributed by atoms with Gasteiger partial charge >= 0.3 is 0 Å². The minimum atomic E-state index is -0.396. The summed E-state index contributed by atoms with van der Waals surface area (Å²) >= 11 is 0. The fraction of sp³-hybridized carbons (Fsp3) is 0.500. The Morgan fingerprint density at radius 2 is 2.00 bits per heavy atom. The Hall–Kier alpha value is -1.02. The lowest BCUT2D eigenvalue weighted by Crippen LogP contribution is -1.99. The van der Waals surface area contributed by atoms with E-state index in [9.17, 15) is 5.11 Å². The van der Waals surface area contributed by atoms with E-state index in [0.29, 0.717) is 0 Å². The largest absolute Gasteiger partial charge is 0.493 e. The Bertz CT molecular complexity index is 286. The Kier molecular flexibility index (Phi) is 2.73. The number of hydrogen-bond donors (Lipinski definition) is 1. The van der Waals surface area contributed by atoms with Crippen molar-refractivity contribution in [3.63, 3.8) is 0 Å². The van der Waals surface area contributed by atoms with Gasteiger partial charge in [-0.15, -0.1) is 0 Å². The third-order valence-electron chi connectivity index (χ3n) is 2.55. The quantitative estimate of drug-likeness (QED) is 0.794. The van der Waals surface area contributed by atoms with E-state index in [4.69, 9.17) is 4.74 Å². The van der Waals surface area contributed by atoms with E-state index >= 15 is 0 Å². The van der Waals surface area contributed by atoms with Crippen LogP contribution in [0.2, 0.25) is 0 Å². The second kappa shape index (κ2) is 4.01. The van der Waals surface area contributed by atoms with Crippen molar-refractivity contribution in [1.82, 2.24) is 0 Å². The summed E-state index contributed by atoms with van der Waals surface area (Å²) in [6.07, 6.45) is 2.23. The van der Waals surface area contributed by atoms with Gasteiger partial charge in [0, 0.05) is 0 Å². The number of rotatable bonds is 4. The molecule has 1 aliphatic rings. The molecule has 0 unspecified atom stereocenters. The molecule has 1 aromatic carbocycles. The molecule has 1 aromatic rings. The van der Waals surface area contributed by atoms with Crippen molar-refractivity contribution >= 4 is 0 Å². The van der Waals surface area contributed by atoms with Crippen molar-refractivity contribution in [2.75, 3.05) is 6.61 Å². The summed E-state index contributed by atoms with van der Waals surface area (Å²) in [4.78, 5) is 0. The predicted molar refractivity (Wildman–Crippen MR) is 55.3 cm³/mol. The molecular weight excluding hydrogens is 176 g/mol. The maximum Gasteiger partial charge on any atom is 0.119 e. The fourth-order valence-electron chi connectivity index (χ4n) is 1.34. The normalized spacial score (nSPS) is 17.9. The fourth-order valence-corrected chi connectivity index (χ4v) is 1.34. The molecule has 14 heavy (non-hydrogen) atoms. The van der Waals surface area contributed by atoms with Crippen molar-refractivity contribution < 1.29 is 9.84 Å². The first-order chi connectivity index (χ1) is 6.75. The molecule has 0 heterocycles. The minimum absolute atomic E-state index is 0.396. The Morgan fingerprint density at radius 3 is 2.50 bits per heavy atom. The van der Waals surface area contributed by atoms with Gasteiger partial charge in [-0.25, -0.2) is 0 Å². The highest BCUT2D eigenvalue weighted by Gasteiger charge is 2.21. The molecule has 0 spiro atoms. The van der Waals surface area contributed by atoms with E-state index in [1.165, 1.54) is 12.8 Å². The average molecular weight is 192 g/mol. The number of hydrogen-bond acceptors (Lipinski definition) is 2. The van der Waals surface area contributed by atoms with Crippen molar-refractivity contribution in [1.29, 1.82) is 0 Å². The van der Waals surface area contributed by atoms with Crippen molar-refractivity contribution in [3.8, 4) is 5.75 Å². The van der Waals surface area contributed by atoms with Crippen LogP contribution >= 0.6 is 0 Å². The van der Waals surface area contributed by atoms with Gasteiger partial charge in [0.1, 0.15) is 5.75 Å². The summed E-state index contributed by atoms with van der Waals surface area (Å²) in [7, 11) is 0. The second-order valence-electron chi connectivity index (χ2n) is 4.00. The van der Waals surface area contributed by atoms with E-state index < -0.39 is 6.10 Å². The number of benzene rings is 1. The van der Waals surface area contributed by atoms with Crippen LogP contribution in [0.15, 0.2) is 24.3 Å². The van der Waals surface area contributed by atoms with Crippen LogP contribution in [-0.4, -0.2) is 11.7 Å². The van der Waals surface area contributed by atoms with E-state index in [0.717, 1.165) is 23.8 Å². The van der Waals surface area contributed by atoms with Gasteiger partial charge in [0.15, 0.2) is 0 Å². The predicted octanol–water partition coefficient (Wildman–Crippen LogP) is 2.53. The highest BCUT2D eigenvalue weighted by atomic mass is 16.5. The average Bonchev–Trinajstić information content (AvgIpc) is 2.99. The zero-order valence-corrected chi connectivity index (χ0v) is 8.44. The van der Waals surface area contributed by atoms with Crippen LogP contribution in [0.25, 0.3) is 0 Å². The summed E-state index contributed by atoms with van der Waals surface area (Å²) in [6.45, 7) is 2.61. The molecule has 0 aromatic heterocycles. The summed E-state index contributed by atoms with van der Waals surface area (Å²) in [6, 6.07) is 7.66. The summed E-state index contributed by atoms with van der Waals surface area (Å²) in [5.41, 5.74) is 0.934. The molecule has 0 radical (unpaired) electrons. The van der Waals surface area contributed by atoms with Crippen molar-refractivity contribution in [2.45, 2.75) is 25.9 Å². The van der Waals surface area contributed by atoms with E-state index in [1.54, 1.807) is 6.92 Å². The molecule has 2 rings (SSSR count). The standard InChI is InChI=1S/C12H16O2/c1-9(13)11-4-6-12(7-5-11)14-8-10-2-3-10/h4-7,9-10,13H,2-3,8H2,1H3/t9-/m1/s1. The van der Waals surface area contributed by atoms with Gasteiger partial charge in [-0.2, -0.15) is 0 Å². The Morgan fingerprint density at radius 1 is 1.36 bits per heavy atom. The zero-order valence-electron chi connectivity index (χ0n) is 8.44. The lowest BCUT2D eigenvalue weighted by molar-refractivity contribution is 0.199. The van der Waals surface area contributed by atoms with Crippen LogP contribution in [0.4, 0.5) is 0 Å². The monoisotopic (exact) mass is 192 g/mol. The van der Waals surface area contributed by atoms with Gasteiger partial charge in [-0.05, 0) is 43.4 Å². The van der Waals surface area contributed by atoms with Crippen LogP contribution in [-0.2, 0) is 0 Å². The first-order valence-electron chi connectivity index (χ1n) is 5.16. The third-order valence-corrected chi connectivity index (χ3v) is 2.55. The minimum Gasteiger partial charge on any atom is -0.493 e. The molecule has 0 aliphatic heterocycles.